The average Bonchev–Trinajstić information content (AvgIpc) is 2.42. The normalized spacial score (nSPS) is 24.3. The number of fused-ring (bicyclic) bond motifs is 1. The van der Waals surface area contributed by atoms with Crippen molar-refractivity contribution < 1.29 is 9.58 Å². The van der Waals surface area contributed by atoms with Crippen molar-refractivity contribution in [2.45, 2.75) is 46.1 Å². The molecular formula is C16H22N4O2. The second-order valence-electron chi connectivity index (χ2n) is 7.23. The number of para-hydroxylation sites is 2. The first-order valence-electron chi connectivity index (χ1n) is 7.74. The lowest BCUT2D eigenvalue weighted by atomic mass is 9.71. The molecule has 6 nitrogen and oxygen atoms in total. The maximum Gasteiger partial charge on any atom is 0.461 e. The van der Waals surface area contributed by atoms with Crippen LogP contribution in [0.1, 0.15) is 40.0 Å². The van der Waals surface area contributed by atoms with E-state index in [2.05, 4.69) is 31.2 Å². The molecule has 1 saturated carbocycles. The van der Waals surface area contributed by atoms with Gasteiger partial charge >= 0.3 is 5.95 Å². The molecule has 0 spiro atoms. The Hall–Kier alpha value is -2.11. The molecule has 3 rings (SSSR count). The minimum atomic E-state index is 0.0867. The molecule has 1 aliphatic carbocycles. The van der Waals surface area contributed by atoms with Crippen LogP contribution in [0, 0.1) is 21.7 Å². The van der Waals surface area contributed by atoms with Gasteiger partial charge in [-0.1, -0.05) is 32.9 Å². The first-order valence-corrected chi connectivity index (χ1v) is 7.74. The van der Waals surface area contributed by atoms with Gasteiger partial charge in [0.25, 0.3) is 5.52 Å². The number of nitrogens with zero attached hydrogens (tertiary/aromatic N) is 3. The summed E-state index contributed by atoms with van der Waals surface area (Å²) >= 11 is 0. The van der Waals surface area contributed by atoms with E-state index in [1.54, 1.807) is 24.3 Å². The van der Waals surface area contributed by atoms with Crippen molar-refractivity contribution in [2.75, 3.05) is 5.32 Å². The Morgan fingerprint density at radius 2 is 1.86 bits per heavy atom. The second-order valence-corrected chi connectivity index (χ2v) is 7.23. The quantitative estimate of drug-likeness (QED) is 0.681. The standard InChI is InChI=1S/C16H22N4O2/c1-11-8-12(10-16(2,3)9-11)17-15-18-20(22)14-7-5-4-6-13(14)19(15)21/h4-7,11-12H,8-10H2,1-3H3,(H,17,18). The molecular weight excluding hydrogens is 280 g/mol. The molecule has 1 N–H and O–H groups in total. The second kappa shape index (κ2) is 5.26. The summed E-state index contributed by atoms with van der Waals surface area (Å²) in [7, 11) is 0. The van der Waals surface area contributed by atoms with Crippen LogP contribution in [0.5, 0.6) is 0 Å². The minimum Gasteiger partial charge on any atom is -0.739 e. The summed E-state index contributed by atoms with van der Waals surface area (Å²) in [5, 5.41) is 31.5. The number of benzene rings is 1. The molecule has 1 aromatic carbocycles. The molecule has 0 saturated heterocycles. The van der Waals surface area contributed by atoms with Crippen LogP contribution in [0.4, 0.5) is 5.95 Å². The summed E-state index contributed by atoms with van der Waals surface area (Å²) in [6.07, 6.45) is 3.12. The molecule has 0 radical (unpaired) electrons. The molecule has 22 heavy (non-hydrogen) atoms. The fourth-order valence-corrected chi connectivity index (χ4v) is 3.82. The average molecular weight is 302 g/mol. The zero-order valence-electron chi connectivity index (χ0n) is 13.2. The molecule has 6 heteroatoms. The molecule has 2 aromatic rings. The maximum absolute atomic E-state index is 12.4. The number of anilines is 1. The third kappa shape index (κ3) is 2.77. The fourth-order valence-electron chi connectivity index (χ4n) is 3.82. The van der Waals surface area contributed by atoms with Crippen molar-refractivity contribution in [2.24, 2.45) is 11.3 Å². The number of nitrogens with one attached hydrogen (secondary N) is 1. The van der Waals surface area contributed by atoms with E-state index in [1.165, 1.54) is 6.42 Å². The summed E-state index contributed by atoms with van der Waals surface area (Å²) in [6.45, 7) is 6.71. The Labute approximate surface area is 129 Å². The smallest absolute Gasteiger partial charge is 0.461 e. The van der Waals surface area contributed by atoms with Gasteiger partial charge in [0, 0.05) is 10.9 Å². The monoisotopic (exact) mass is 302 g/mol. The number of hydrogen-bond acceptors (Lipinski definition) is 4. The van der Waals surface area contributed by atoms with Crippen LogP contribution in [0.15, 0.2) is 24.3 Å². The summed E-state index contributed by atoms with van der Waals surface area (Å²) in [6, 6.07) is 6.85. The van der Waals surface area contributed by atoms with Gasteiger partial charge in [-0.3, -0.25) is 5.32 Å². The molecule has 1 heterocycles. The van der Waals surface area contributed by atoms with Gasteiger partial charge in [-0.25, -0.2) is 4.73 Å². The molecule has 2 atom stereocenters. The van der Waals surface area contributed by atoms with Crippen LogP contribution in [0.2, 0.25) is 0 Å². The Morgan fingerprint density at radius 3 is 2.55 bits per heavy atom. The molecule has 1 fully saturated rings. The first-order chi connectivity index (χ1) is 10.4. The Bertz CT molecular complexity index is 702. The lowest BCUT2D eigenvalue weighted by Crippen LogP contribution is -2.46. The fraction of sp³-hybridized carbons (Fsp3) is 0.562. The van der Waals surface area contributed by atoms with Gasteiger partial charge in [0.05, 0.1) is 6.04 Å². The predicted octanol–water partition coefficient (Wildman–Crippen LogP) is 2.13. The van der Waals surface area contributed by atoms with Gasteiger partial charge in [0.15, 0.2) is 5.52 Å². The van der Waals surface area contributed by atoms with Crippen molar-refractivity contribution in [3.63, 3.8) is 0 Å². The van der Waals surface area contributed by atoms with Crippen molar-refractivity contribution in [3.05, 3.63) is 34.7 Å². The molecule has 1 aromatic heterocycles. The van der Waals surface area contributed by atoms with E-state index < -0.39 is 0 Å². The van der Waals surface area contributed by atoms with Crippen LogP contribution < -0.4 is 14.9 Å². The van der Waals surface area contributed by atoms with E-state index >= 15 is 0 Å². The third-order valence-corrected chi connectivity index (χ3v) is 4.40. The van der Waals surface area contributed by atoms with E-state index in [9.17, 15) is 10.4 Å². The predicted molar refractivity (Wildman–Crippen MR) is 83.9 cm³/mol. The SMILES string of the molecule is CC1CC(Nc2n[n+]([O-])c3ccccc3[n+]2[O-])CC(C)(C)C1. The van der Waals surface area contributed by atoms with Crippen molar-refractivity contribution in [1.82, 2.24) is 5.10 Å². The van der Waals surface area contributed by atoms with Crippen molar-refractivity contribution >= 4 is 17.0 Å². The lowest BCUT2D eigenvalue weighted by molar-refractivity contribution is -0.672. The zero-order chi connectivity index (χ0) is 15.9. The Balaban J connectivity index is 1.92. The van der Waals surface area contributed by atoms with Crippen LogP contribution in [-0.4, -0.2) is 11.1 Å². The van der Waals surface area contributed by atoms with Crippen LogP contribution in [0.25, 0.3) is 11.0 Å². The Morgan fingerprint density at radius 1 is 1.18 bits per heavy atom. The highest BCUT2D eigenvalue weighted by Gasteiger charge is 2.35. The lowest BCUT2D eigenvalue weighted by Gasteiger charge is -2.37. The number of aromatic nitrogens is 3. The summed E-state index contributed by atoms with van der Waals surface area (Å²) in [5.41, 5.74) is 0.839. The molecule has 0 aliphatic heterocycles. The first kappa shape index (κ1) is 14.8. The van der Waals surface area contributed by atoms with Crippen molar-refractivity contribution in [3.8, 4) is 0 Å². The number of hydrogen-bond donors (Lipinski definition) is 1. The summed E-state index contributed by atoms with van der Waals surface area (Å²) < 4.78 is 0.718. The van der Waals surface area contributed by atoms with E-state index in [0.29, 0.717) is 16.3 Å². The van der Waals surface area contributed by atoms with Gasteiger partial charge < -0.3 is 10.4 Å². The molecule has 118 valence electrons. The van der Waals surface area contributed by atoms with Gasteiger partial charge in [-0.05, 0) is 36.7 Å². The van der Waals surface area contributed by atoms with Crippen LogP contribution in [0.3, 0.4) is 0 Å². The van der Waals surface area contributed by atoms with E-state index in [0.717, 1.165) is 17.6 Å². The molecule has 2 unspecified atom stereocenters. The molecule has 0 bridgehead atoms. The van der Waals surface area contributed by atoms with Gasteiger partial charge in [0.2, 0.25) is 5.10 Å². The molecule has 1 aliphatic rings. The molecule has 0 amide bonds. The van der Waals surface area contributed by atoms with Gasteiger partial charge in [-0.15, -0.1) is 0 Å². The highest BCUT2D eigenvalue weighted by molar-refractivity contribution is 5.67. The third-order valence-electron chi connectivity index (χ3n) is 4.40. The van der Waals surface area contributed by atoms with E-state index in [1.807, 2.05) is 0 Å². The zero-order valence-corrected chi connectivity index (χ0v) is 13.2. The minimum absolute atomic E-state index is 0.0867. The van der Waals surface area contributed by atoms with Crippen LogP contribution in [-0.2, 0) is 0 Å². The van der Waals surface area contributed by atoms with Gasteiger partial charge in [-0.2, -0.15) is 0 Å². The van der Waals surface area contributed by atoms with Crippen LogP contribution >= 0.6 is 0 Å². The van der Waals surface area contributed by atoms with Gasteiger partial charge in [0.1, 0.15) is 0 Å². The van der Waals surface area contributed by atoms with E-state index in [4.69, 9.17) is 0 Å². The largest absolute Gasteiger partial charge is 0.739 e. The highest BCUT2D eigenvalue weighted by atomic mass is 16.5. The summed E-state index contributed by atoms with van der Waals surface area (Å²) in [5.74, 6) is 0.671. The van der Waals surface area contributed by atoms with E-state index in [-0.39, 0.29) is 22.9 Å². The number of rotatable bonds is 2. The highest BCUT2D eigenvalue weighted by Crippen LogP contribution is 2.39. The summed E-state index contributed by atoms with van der Waals surface area (Å²) in [4.78, 5) is 0.517. The maximum atomic E-state index is 12.4. The topological polar surface area (TPSA) is 78.8 Å². The Kier molecular flexibility index (Phi) is 3.54. The van der Waals surface area contributed by atoms with Crippen molar-refractivity contribution in [1.29, 1.82) is 0 Å².